The lowest BCUT2D eigenvalue weighted by molar-refractivity contribution is -0.113. The smallest absolute Gasteiger partial charge is 0.211 e. The van der Waals surface area contributed by atoms with Crippen LogP contribution in [-0.2, 0) is 9.59 Å². The zero-order chi connectivity index (χ0) is 15.8. The topological polar surface area (TPSA) is 49.4 Å². The van der Waals surface area contributed by atoms with Gasteiger partial charge in [-0.3, -0.25) is 9.59 Å². The third kappa shape index (κ3) is 4.80. The van der Waals surface area contributed by atoms with Gasteiger partial charge in [-0.15, -0.1) is 0 Å². The number of nitrogens with one attached hydrogen (secondary N) is 1. The van der Waals surface area contributed by atoms with E-state index in [1.807, 2.05) is 6.08 Å². The molecule has 0 radical (unpaired) electrons. The standard InChI is InChI=1S/C18H28N2O2/c1-16(22)17(6-5-11-19-15-21)7-12-20-13-10-18(14-20)8-3-2-4-9-18/h5-6,11,15H,2-4,7-10,12-14H2,1H3,(H,19,21)/b11-5-,17-6+. The van der Waals surface area contributed by atoms with Crippen molar-refractivity contribution in [2.24, 2.45) is 5.41 Å². The first-order chi connectivity index (χ1) is 10.7. The summed E-state index contributed by atoms with van der Waals surface area (Å²) in [5.74, 6) is 0.113. The molecule has 1 aliphatic heterocycles. The molecular formula is C18H28N2O2. The zero-order valence-electron chi connectivity index (χ0n) is 13.6. The number of carbonyl (C=O) groups is 2. The summed E-state index contributed by atoms with van der Waals surface area (Å²) < 4.78 is 0. The number of rotatable bonds is 7. The van der Waals surface area contributed by atoms with Crippen molar-refractivity contribution in [1.29, 1.82) is 0 Å². The third-order valence-electron chi connectivity index (χ3n) is 5.14. The summed E-state index contributed by atoms with van der Waals surface area (Å²) in [6, 6.07) is 0. The molecule has 0 atom stereocenters. The number of ketones is 1. The Balaban J connectivity index is 1.82. The molecule has 1 saturated heterocycles. The molecule has 4 heteroatoms. The molecule has 1 amide bonds. The monoisotopic (exact) mass is 304 g/mol. The lowest BCUT2D eigenvalue weighted by atomic mass is 9.73. The third-order valence-corrected chi connectivity index (χ3v) is 5.14. The first kappa shape index (κ1) is 16.9. The van der Waals surface area contributed by atoms with E-state index >= 15 is 0 Å². The van der Waals surface area contributed by atoms with Gasteiger partial charge in [0.25, 0.3) is 0 Å². The number of carbonyl (C=O) groups excluding carboxylic acids is 2. The van der Waals surface area contributed by atoms with E-state index in [0.29, 0.717) is 11.8 Å². The minimum absolute atomic E-state index is 0.113. The van der Waals surface area contributed by atoms with Gasteiger partial charge in [0, 0.05) is 19.3 Å². The fourth-order valence-electron chi connectivity index (χ4n) is 3.84. The molecule has 2 aliphatic rings. The van der Waals surface area contributed by atoms with Crippen LogP contribution in [0.15, 0.2) is 23.9 Å². The molecule has 1 spiro atoms. The molecule has 1 N–H and O–H groups in total. The van der Waals surface area contributed by atoms with Gasteiger partial charge in [-0.2, -0.15) is 0 Å². The van der Waals surface area contributed by atoms with E-state index in [1.54, 1.807) is 19.2 Å². The second kappa shape index (κ2) is 8.28. The highest BCUT2D eigenvalue weighted by atomic mass is 16.1. The van der Waals surface area contributed by atoms with Crippen LogP contribution in [-0.4, -0.2) is 36.7 Å². The van der Waals surface area contributed by atoms with Crippen LogP contribution in [0.2, 0.25) is 0 Å². The molecule has 0 aromatic carbocycles. The van der Waals surface area contributed by atoms with E-state index in [4.69, 9.17) is 0 Å². The molecule has 122 valence electrons. The Morgan fingerprint density at radius 2 is 2.00 bits per heavy atom. The van der Waals surface area contributed by atoms with Gasteiger partial charge >= 0.3 is 0 Å². The SMILES string of the molecule is CC(=O)/C(=C/C=C\NC=O)CCN1CCC2(CCCCC2)C1. The van der Waals surface area contributed by atoms with Crippen molar-refractivity contribution in [1.82, 2.24) is 10.2 Å². The van der Waals surface area contributed by atoms with Gasteiger partial charge in [0.15, 0.2) is 5.78 Å². The van der Waals surface area contributed by atoms with Gasteiger partial charge in [0.1, 0.15) is 0 Å². The van der Waals surface area contributed by atoms with Crippen molar-refractivity contribution >= 4 is 12.2 Å². The molecule has 2 fully saturated rings. The number of allylic oxidation sites excluding steroid dienone is 2. The van der Waals surface area contributed by atoms with E-state index in [2.05, 4.69) is 10.2 Å². The molecule has 1 aliphatic carbocycles. The predicted octanol–water partition coefficient (Wildman–Crippen LogP) is 2.81. The van der Waals surface area contributed by atoms with Crippen LogP contribution in [0, 0.1) is 5.41 Å². The Labute approximate surface area is 133 Å². The summed E-state index contributed by atoms with van der Waals surface area (Å²) in [4.78, 5) is 24.4. The summed E-state index contributed by atoms with van der Waals surface area (Å²) in [6.45, 7) is 4.95. The van der Waals surface area contributed by atoms with Crippen LogP contribution in [0.25, 0.3) is 0 Å². The van der Waals surface area contributed by atoms with E-state index in [0.717, 1.165) is 18.5 Å². The number of likely N-dealkylation sites (tertiary alicyclic amines) is 1. The minimum Gasteiger partial charge on any atom is -0.335 e. The van der Waals surface area contributed by atoms with Crippen LogP contribution in [0.3, 0.4) is 0 Å². The molecule has 22 heavy (non-hydrogen) atoms. The van der Waals surface area contributed by atoms with Crippen molar-refractivity contribution in [3.63, 3.8) is 0 Å². The maximum absolute atomic E-state index is 11.7. The molecule has 4 nitrogen and oxygen atoms in total. The maximum atomic E-state index is 11.7. The number of Topliss-reactive ketones (excluding diaryl/α,β-unsaturated/α-hetero) is 1. The summed E-state index contributed by atoms with van der Waals surface area (Å²) in [5.41, 5.74) is 1.40. The predicted molar refractivity (Wildman–Crippen MR) is 88.3 cm³/mol. The van der Waals surface area contributed by atoms with Gasteiger partial charge in [-0.1, -0.05) is 25.3 Å². The normalized spacial score (nSPS) is 22.3. The second-order valence-corrected chi connectivity index (χ2v) is 6.73. The van der Waals surface area contributed by atoms with E-state index in [1.165, 1.54) is 51.6 Å². The van der Waals surface area contributed by atoms with Crippen LogP contribution in [0.4, 0.5) is 0 Å². The summed E-state index contributed by atoms with van der Waals surface area (Å²) in [5, 5.41) is 2.45. The largest absolute Gasteiger partial charge is 0.335 e. The Morgan fingerprint density at radius 1 is 1.23 bits per heavy atom. The van der Waals surface area contributed by atoms with Crippen molar-refractivity contribution in [2.75, 3.05) is 19.6 Å². The van der Waals surface area contributed by atoms with Crippen LogP contribution < -0.4 is 5.32 Å². The number of hydrogen-bond donors (Lipinski definition) is 1. The fourth-order valence-corrected chi connectivity index (χ4v) is 3.84. The fraction of sp³-hybridized carbons (Fsp3) is 0.667. The molecule has 0 bridgehead atoms. The number of hydrogen-bond acceptors (Lipinski definition) is 3. The lowest BCUT2D eigenvalue weighted by Gasteiger charge is -2.33. The average molecular weight is 304 g/mol. The van der Waals surface area contributed by atoms with Gasteiger partial charge in [0.2, 0.25) is 6.41 Å². The van der Waals surface area contributed by atoms with Gasteiger partial charge in [0.05, 0.1) is 0 Å². The highest BCUT2D eigenvalue weighted by molar-refractivity contribution is 5.93. The number of amides is 1. The Bertz CT molecular complexity index is 448. The van der Waals surface area contributed by atoms with E-state index < -0.39 is 0 Å². The maximum Gasteiger partial charge on any atom is 0.211 e. The van der Waals surface area contributed by atoms with Gasteiger partial charge in [-0.25, -0.2) is 0 Å². The van der Waals surface area contributed by atoms with Crippen molar-refractivity contribution < 1.29 is 9.59 Å². The number of nitrogens with zero attached hydrogens (tertiary/aromatic N) is 1. The Morgan fingerprint density at radius 3 is 2.68 bits per heavy atom. The average Bonchev–Trinajstić information content (AvgIpc) is 2.89. The van der Waals surface area contributed by atoms with Gasteiger partial charge < -0.3 is 10.2 Å². The second-order valence-electron chi connectivity index (χ2n) is 6.73. The Hall–Kier alpha value is -1.42. The van der Waals surface area contributed by atoms with Crippen molar-refractivity contribution in [3.05, 3.63) is 23.9 Å². The summed E-state index contributed by atoms with van der Waals surface area (Å²) in [6.07, 6.45) is 14.8. The molecule has 0 unspecified atom stereocenters. The van der Waals surface area contributed by atoms with Crippen LogP contribution in [0.1, 0.15) is 51.9 Å². The Kier molecular flexibility index (Phi) is 6.37. The van der Waals surface area contributed by atoms with Gasteiger partial charge in [-0.05, 0) is 56.2 Å². The highest BCUT2D eigenvalue weighted by Gasteiger charge is 2.38. The van der Waals surface area contributed by atoms with Crippen molar-refractivity contribution in [2.45, 2.75) is 51.9 Å². The van der Waals surface area contributed by atoms with Crippen molar-refractivity contribution in [3.8, 4) is 0 Å². The van der Waals surface area contributed by atoms with E-state index in [-0.39, 0.29) is 5.78 Å². The zero-order valence-corrected chi connectivity index (χ0v) is 13.6. The summed E-state index contributed by atoms with van der Waals surface area (Å²) in [7, 11) is 0. The van der Waals surface area contributed by atoms with Crippen LogP contribution in [0.5, 0.6) is 0 Å². The first-order valence-electron chi connectivity index (χ1n) is 8.44. The molecule has 0 aromatic rings. The molecule has 2 rings (SSSR count). The quantitative estimate of drug-likeness (QED) is 0.447. The van der Waals surface area contributed by atoms with E-state index in [9.17, 15) is 9.59 Å². The molecule has 1 heterocycles. The first-order valence-corrected chi connectivity index (χ1v) is 8.44. The minimum atomic E-state index is 0.113. The molecule has 0 aromatic heterocycles. The summed E-state index contributed by atoms with van der Waals surface area (Å²) >= 11 is 0. The lowest BCUT2D eigenvalue weighted by Crippen LogP contribution is -2.30. The molecule has 1 saturated carbocycles. The highest BCUT2D eigenvalue weighted by Crippen LogP contribution is 2.43. The van der Waals surface area contributed by atoms with Crippen LogP contribution >= 0.6 is 0 Å². The molecular weight excluding hydrogens is 276 g/mol.